The molecule has 4 nitrogen and oxygen atoms in total. The number of carbonyl (C=O) groups excluding carboxylic acids is 2. The Morgan fingerprint density at radius 1 is 0.935 bits per heavy atom. The number of fused-ring (bicyclic) bond motifs is 1. The molecule has 3 aromatic carbocycles. The maximum absolute atomic E-state index is 13.3. The molecule has 0 unspecified atom stereocenters. The molecule has 0 bridgehead atoms. The van der Waals surface area contributed by atoms with Crippen LogP contribution in [0.2, 0.25) is 0 Å². The van der Waals surface area contributed by atoms with Crippen LogP contribution in [0.15, 0.2) is 66.7 Å². The number of hydrogen-bond acceptors (Lipinski definition) is 2. The fourth-order valence-corrected chi connectivity index (χ4v) is 3.67. The first-order chi connectivity index (χ1) is 14.8. The molecule has 0 spiro atoms. The van der Waals surface area contributed by atoms with Gasteiger partial charge >= 0.3 is 0 Å². The summed E-state index contributed by atoms with van der Waals surface area (Å²) in [6.07, 6.45) is 0.868. The van der Waals surface area contributed by atoms with Gasteiger partial charge in [-0.25, -0.2) is 4.39 Å². The number of halogens is 1. The minimum atomic E-state index is -0.632. The molecule has 162 valence electrons. The van der Waals surface area contributed by atoms with Crippen LogP contribution in [0, 0.1) is 5.82 Å². The predicted molar refractivity (Wildman–Crippen MR) is 122 cm³/mol. The number of benzene rings is 3. The van der Waals surface area contributed by atoms with Crippen LogP contribution < -0.4 is 5.32 Å². The summed E-state index contributed by atoms with van der Waals surface area (Å²) < 4.78 is 13.3. The average Bonchev–Trinajstić information content (AvgIpc) is 2.76. The van der Waals surface area contributed by atoms with Gasteiger partial charge in [0.2, 0.25) is 11.8 Å². The van der Waals surface area contributed by atoms with Gasteiger partial charge in [0.25, 0.3) is 0 Å². The lowest BCUT2D eigenvalue weighted by atomic mass is 10.0. The van der Waals surface area contributed by atoms with Crippen molar-refractivity contribution in [1.29, 1.82) is 0 Å². The third kappa shape index (κ3) is 5.91. The Labute approximate surface area is 183 Å². The SMILES string of the molecule is CC(C)NC(=O)[C@@H](C)N(Cc1ccc(F)cc1)C(=O)CCc1cccc2ccccc12. The van der Waals surface area contributed by atoms with Gasteiger partial charge in [-0.3, -0.25) is 9.59 Å². The van der Waals surface area contributed by atoms with E-state index in [0.717, 1.165) is 21.9 Å². The third-order valence-electron chi connectivity index (χ3n) is 5.35. The van der Waals surface area contributed by atoms with Gasteiger partial charge in [0.1, 0.15) is 11.9 Å². The molecule has 0 saturated heterocycles. The van der Waals surface area contributed by atoms with Crippen LogP contribution in [0.25, 0.3) is 10.8 Å². The molecule has 0 heterocycles. The van der Waals surface area contributed by atoms with Crippen LogP contribution in [-0.4, -0.2) is 28.8 Å². The molecule has 5 heteroatoms. The van der Waals surface area contributed by atoms with Crippen LogP contribution in [0.3, 0.4) is 0 Å². The van der Waals surface area contributed by atoms with Crippen LogP contribution in [0.1, 0.15) is 38.3 Å². The van der Waals surface area contributed by atoms with Gasteiger partial charge in [-0.15, -0.1) is 0 Å². The van der Waals surface area contributed by atoms with Gasteiger partial charge in [-0.05, 0) is 61.2 Å². The van der Waals surface area contributed by atoms with Crippen molar-refractivity contribution in [2.75, 3.05) is 0 Å². The minimum Gasteiger partial charge on any atom is -0.352 e. The zero-order valence-electron chi connectivity index (χ0n) is 18.3. The number of nitrogens with zero attached hydrogens (tertiary/aromatic N) is 1. The second-order valence-electron chi connectivity index (χ2n) is 8.13. The molecule has 0 fully saturated rings. The van der Waals surface area contributed by atoms with Crippen molar-refractivity contribution < 1.29 is 14.0 Å². The quantitative estimate of drug-likeness (QED) is 0.566. The van der Waals surface area contributed by atoms with Gasteiger partial charge in [0.05, 0.1) is 0 Å². The predicted octanol–water partition coefficient (Wildman–Crippen LogP) is 4.85. The normalized spacial score (nSPS) is 12.0. The second kappa shape index (κ2) is 10.2. The van der Waals surface area contributed by atoms with Crippen LogP contribution in [0.4, 0.5) is 4.39 Å². The second-order valence-corrected chi connectivity index (χ2v) is 8.13. The van der Waals surface area contributed by atoms with Crippen molar-refractivity contribution in [3.8, 4) is 0 Å². The van der Waals surface area contributed by atoms with Gasteiger partial charge in [0, 0.05) is 19.0 Å². The molecule has 3 aromatic rings. The topological polar surface area (TPSA) is 49.4 Å². The number of carbonyl (C=O) groups is 2. The smallest absolute Gasteiger partial charge is 0.242 e. The molecule has 0 aliphatic heterocycles. The van der Waals surface area contributed by atoms with Crippen molar-refractivity contribution in [3.05, 3.63) is 83.7 Å². The van der Waals surface area contributed by atoms with E-state index < -0.39 is 6.04 Å². The molecule has 1 atom stereocenters. The molecular weight excluding hydrogens is 391 g/mol. The summed E-state index contributed by atoms with van der Waals surface area (Å²) >= 11 is 0. The summed E-state index contributed by atoms with van der Waals surface area (Å²) in [7, 11) is 0. The Morgan fingerprint density at radius 2 is 1.61 bits per heavy atom. The lowest BCUT2D eigenvalue weighted by Crippen LogP contribution is -2.49. The highest BCUT2D eigenvalue weighted by Gasteiger charge is 2.26. The van der Waals surface area contributed by atoms with E-state index in [9.17, 15) is 14.0 Å². The molecule has 0 radical (unpaired) electrons. The van der Waals surface area contributed by atoms with E-state index >= 15 is 0 Å². The van der Waals surface area contributed by atoms with E-state index in [0.29, 0.717) is 6.42 Å². The van der Waals surface area contributed by atoms with Crippen molar-refractivity contribution in [3.63, 3.8) is 0 Å². The van der Waals surface area contributed by atoms with E-state index in [1.54, 1.807) is 24.0 Å². The first-order valence-corrected chi connectivity index (χ1v) is 10.7. The highest BCUT2D eigenvalue weighted by Crippen LogP contribution is 2.21. The molecule has 0 aliphatic carbocycles. The summed E-state index contributed by atoms with van der Waals surface area (Å²) in [5.74, 6) is -0.637. The van der Waals surface area contributed by atoms with Crippen molar-refractivity contribution >= 4 is 22.6 Å². The van der Waals surface area contributed by atoms with E-state index in [-0.39, 0.29) is 36.6 Å². The molecule has 1 N–H and O–H groups in total. The van der Waals surface area contributed by atoms with E-state index in [2.05, 4.69) is 23.5 Å². The lowest BCUT2D eigenvalue weighted by Gasteiger charge is -2.29. The van der Waals surface area contributed by atoms with E-state index in [1.807, 2.05) is 38.1 Å². The Hall–Kier alpha value is -3.21. The summed E-state index contributed by atoms with van der Waals surface area (Å²) in [6, 6.07) is 19.6. The number of nitrogens with one attached hydrogen (secondary N) is 1. The van der Waals surface area contributed by atoms with E-state index in [4.69, 9.17) is 0 Å². The highest BCUT2D eigenvalue weighted by atomic mass is 19.1. The van der Waals surface area contributed by atoms with Gasteiger partial charge < -0.3 is 10.2 Å². The third-order valence-corrected chi connectivity index (χ3v) is 5.35. The zero-order valence-corrected chi connectivity index (χ0v) is 18.3. The molecule has 0 aromatic heterocycles. The Bertz CT molecular complexity index is 1040. The zero-order chi connectivity index (χ0) is 22.4. The molecule has 0 saturated carbocycles. The highest BCUT2D eigenvalue weighted by molar-refractivity contribution is 5.89. The van der Waals surface area contributed by atoms with Crippen LogP contribution in [0.5, 0.6) is 0 Å². The van der Waals surface area contributed by atoms with Crippen molar-refractivity contribution in [1.82, 2.24) is 10.2 Å². The Kier molecular flexibility index (Phi) is 7.40. The summed E-state index contributed by atoms with van der Waals surface area (Å²) in [6.45, 7) is 5.76. The van der Waals surface area contributed by atoms with E-state index in [1.165, 1.54) is 12.1 Å². The molecule has 2 amide bonds. The fraction of sp³-hybridized carbons (Fsp3) is 0.308. The number of hydrogen-bond donors (Lipinski definition) is 1. The van der Waals surface area contributed by atoms with Gasteiger partial charge in [0.15, 0.2) is 0 Å². The molecule has 0 aliphatic rings. The summed E-state index contributed by atoms with van der Waals surface area (Å²) in [5, 5.41) is 5.15. The molecular formula is C26H29FN2O2. The van der Waals surface area contributed by atoms with Gasteiger partial charge in [-0.2, -0.15) is 0 Å². The van der Waals surface area contributed by atoms with Crippen molar-refractivity contribution in [2.24, 2.45) is 0 Å². The average molecular weight is 421 g/mol. The number of aryl methyl sites for hydroxylation is 1. The lowest BCUT2D eigenvalue weighted by molar-refractivity contribution is -0.140. The monoisotopic (exact) mass is 420 g/mol. The largest absolute Gasteiger partial charge is 0.352 e. The molecule has 3 rings (SSSR count). The first-order valence-electron chi connectivity index (χ1n) is 10.7. The maximum atomic E-state index is 13.3. The van der Waals surface area contributed by atoms with Gasteiger partial charge in [-0.1, -0.05) is 54.6 Å². The number of amides is 2. The molecule has 31 heavy (non-hydrogen) atoms. The Morgan fingerprint density at radius 3 is 2.32 bits per heavy atom. The van der Waals surface area contributed by atoms with Crippen LogP contribution >= 0.6 is 0 Å². The fourth-order valence-electron chi connectivity index (χ4n) is 3.67. The van der Waals surface area contributed by atoms with Crippen molar-refractivity contribution in [2.45, 2.75) is 52.2 Å². The summed E-state index contributed by atoms with van der Waals surface area (Å²) in [4.78, 5) is 27.4. The van der Waals surface area contributed by atoms with Crippen LogP contribution in [-0.2, 0) is 22.6 Å². The standard InChI is InChI=1S/C26H29FN2O2/c1-18(2)28-26(31)19(3)29(17-20-11-14-23(27)15-12-20)25(30)16-13-22-9-6-8-21-7-4-5-10-24(21)22/h4-12,14-15,18-19H,13,16-17H2,1-3H3,(H,28,31)/t19-/m1/s1. The summed E-state index contributed by atoms with van der Waals surface area (Å²) in [5.41, 5.74) is 1.89. The maximum Gasteiger partial charge on any atom is 0.242 e. The Balaban J connectivity index is 1.78. The first kappa shape index (κ1) is 22.5. The number of rotatable bonds is 8. The minimum absolute atomic E-state index is 0.0200.